The summed E-state index contributed by atoms with van der Waals surface area (Å²) in [5.74, 6) is 2.40. The maximum absolute atomic E-state index is 5.93. The average molecular weight is 339 g/mol. The summed E-state index contributed by atoms with van der Waals surface area (Å²) >= 11 is 3.47. The van der Waals surface area contributed by atoms with E-state index in [9.17, 15) is 0 Å². The van der Waals surface area contributed by atoms with E-state index in [4.69, 9.17) is 9.47 Å². The van der Waals surface area contributed by atoms with E-state index < -0.39 is 0 Å². The van der Waals surface area contributed by atoms with Crippen LogP contribution >= 0.6 is 15.9 Å². The molecule has 4 nitrogen and oxygen atoms in total. The van der Waals surface area contributed by atoms with Gasteiger partial charge in [0.05, 0.1) is 12.3 Å². The molecule has 0 atom stereocenters. The quantitative estimate of drug-likeness (QED) is 0.740. The van der Waals surface area contributed by atoms with Crippen LogP contribution in [0.25, 0.3) is 0 Å². The Labute approximate surface area is 127 Å². The zero-order valence-corrected chi connectivity index (χ0v) is 13.6. The third-order valence-corrected chi connectivity index (χ3v) is 3.49. The van der Waals surface area contributed by atoms with Crippen molar-refractivity contribution in [2.75, 3.05) is 6.61 Å². The fourth-order valence-electron chi connectivity index (χ4n) is 1.90. The molecular weight excluding hydrogens is 320 g/mol. The first-order valence-electron chi connectivity index (χ1n) is 6.64. The van der Waals surface area contributed by atoms with Crippen LogP contribution in [0.15, 0.2) is 24.3 Å². The normalized spacial score (nSPS) is 10.6. The summed E-state index contributed by atoms with van der Waals surface area (Å²) in [5, 5.41) is 5.09. The highest BCUT2D eigenvalue weighted by molar-refractivity contribution is 9.08. The number of nitrogens with zero attached hydrogens (tertiary/aromatic N) is 2. The molecule has 1 heterocycles. The number of aryl methyl sites for hydroxylation is 2. The van der Waals surface area contributed by atoms with E-state index in [-0.39, 0.29) is 0 Å². The van der Waals surface area contributed by atoms with Gasteiger partial charge in [0, 0.05) is 17.9 Å². The number of rotatable bonds is 6. The molecule has 1 aromatic heterocycles. The van der Waals surface area contributed by atoms with Gasteiger partial charge in [0.25, 0.3) is 0 Å². The van der Waals surface area contributed by atoms with Gasteiger partial charge in [0.1, 0.15) is 11.5 Å². The number of benzene rings is 1. The molecule has 0 saturated carbocycles. The predicted molar refractivity (Wildman–Crippen MR) is 82.9 cm³/mol. The number of hydrogen-bond acceptors (Lipinski definition) is 3. The molecule has 0 N–H and O–H groups in total. The lowest BCUT2D eigenvalue weighted by atomic mass is 10.3. The topological polar surface area (TPSA) is 36.3 Å². The summed E-state index contributed by atoms with van der Waals surface area (Å²) in [7, 11) is 1.88. The zero-order valence-electron chi connectivity index (χ0n) is 12.0. The summed E-state index contributed by atoms with van der Waals surface area (Å²) in [6, 6.07) is 7.65. The van der Waals surface area contributed by atoms with Gasteiger partial charge < -0.3 is 9.47 Å². The monoisotopic (exact) mass is 338 g/mol. The molecule has 0 aliphatic carbocycles. The van der Waals surface area contributed by atoms with Crippen LogP contribution in [0.3, 0.4) is 0 Å². The van der Waals surface area contributed by atoms with Crippen LogP contribution in [0, 0.1) is 6.92 Å². The Morgan fingerprint density at radius 1 is 1.20 bits per heavy atom. The molecule has 0 aliphatic rings. The lowest BCUT2D eigenvalue weighted by molar-refractivity contribution is 0.317. The van der Waals surface area contributed by atoms with Crippen molar-refractivity contribution >= 4 is 15.9 Å². The van der Waals surface area contributed by atoms with E-state index in [1.807, 2.05) is 38.2 Å². The summed E-state index contributed by atoms with van der Waals surface area (Å²) in [6.45, 7) is 4.80. The molecule has 2 rings (SSSR count). The number of halogens is 1. The first kappa shape index (κ1) is 14.9. The highest BCUT2D eigenvalue weighted by Crippen LogP contribution is 2.29. The molecule has 20 heavy (non-hydrogen) atoms. The lowest BCUT2D eigenvalue weighted by Gasteiger charge is -2.09. The fraction of sp³-hybridized carbons (Fsp3) is 0.400. The molecule has 0 aliphatic heterocycles. The van der Waals surface area contributed by atoms with E-state index in [0.29, 0.717) is 0 Å². The van der Waals surface area contributed by atoms with Gasteiger partial charge in [0.2, 0.25) is 5.88 Å². The number of aromatic nitrogens is 2. The van der Waals surface area contributed by atoms with Gasteiger partial charge in [-0.05, 0) is 37.6 Å². The van der Waals surface area contributed by atoms with Gasteiger partial charge in [-0.25, -0.2) is 4.68 Å². The highest BCUT2D eigenvalue weighted by Gasteiger charge is 2.14. The maximum atomic E-state index is 5.93. The second kappa shape index (κ2) is 6.79. The Balaban J connectivity index is 2.14. The van der Waals surface area contributed by atoms with Gasteiger partial charge in [-0.2, -0.15) is 5.10 Å². The van der Waals surface area contributed by atoms with Crippen LogP contribution in [0.1, 0.15) is 24.6 Å². The van der Waals surface area contributed by atoms with Crippen LogP contribution in [-0.2, 0) is 12.4 Å². The second-order valence-corrected chi connectivity index (χ2v) is 5.11. The predicted octanol–water partition coefficient (Wildman–Crippen LogP) is 4.20. The molecule has 0 bridgehead atoms. The Kier molecular flexibility index (Phi) is 5.06. The summed E-state index contributed by atoms with van der Waals surface area (Å²) in [4.78, 5) is 0. The van der Waals surface area contributed by atoms with Crippen LogP contribution in [0.4, 0.5) is 0 Å². The van der Waals surface area contributed by atoms with E-state index in [1.54, 1.807) is 4.68 Å². The van der Waals surface area contributed by atoms with Crippen molar-refractivity contribution < 1.29 is 9.47 Å². The standard InChI is InChI=1S/C15H19BrN2O2/c1-4-9-19-12-5-7-13(8-6-12)20-15-14(10-16)11(2)17-18(15)3/h5-8H,4,9-10H2,1-3H3. The molecule has 1 aromatic carbocycles. The van der Waals surface area contributed by atoms with Gasteiger partial charge in [-0.3, -0.25) is 0 Å². The first-order chi connectivity index (χ1) is 9.65. The number of ether oxygens (including phenoxy) is 2. The third kappa shape index (κ3) is 3.33. The van der Waals surface area contributed by atoms with Crippen molar-refractivity contribution in [3.8, 4) is 17.4 Å². The summed E-state index contributed by atoms with van der Waals surface area (Å²) < 4.78 is 13.2. The van der Waals surface area contributed by atoms with E-state index >= 15 is 0 Å². The number of hydrogen-bond donors (Lipinski definition) is 0. The molecule has 0 radical (unpaired) electrons. The van der Waals surface area contributed by atoms with Crippen LogP contribution < -0.4 is 9.47 Å². The van der Waals surface area contributed by atoms with Crippen LogP contribution in [0.5, 0.6) is 17.4 Å². The van der Waals surface area contributed by atoms with Crippen molar-refractivity contribution in [3.63, 3.8) is 0 Å². The van der Waals surface area contributed by atoms with Crippen molar-refractivity contribution in [1.82, 2.24) is 9.78 Å². The zero-order chi connectivity index (χ0) is 14.5. The summed E-state index contributed by atoms with van der Waals surface area (Å²) in [5.41, 5.74) is 2.04. The molecule has 2 aromatic rings. The molecule has 0 spiro atoms. The van der Waals surface area contributed by atoms with Gasteiger partial charge >= 0.3 is 0 Å². The van der Waals surface area contributed by atoms with E-state index in [2.05, 4.69) is 28.0 Å². The summed E-state index contributed by atoms with van der Waals surface area (Å²) in [6.07, 6.45) is 1.00. The largest absolute Gasteiger partial charge is 0.494 e. The number of alkyl halides is 1. The first-order valence-corrected chi connectivity index (χ1v) is 7.77. The minimum absolute atomic E-state index is 0.722. The SMILES string of the molecule is CCCOc1ccc(Oc2c(CBr)c(C)nn2C)cc1. The van der Waals surface area contributed by atoms with Gasteiger partial charge in [-0.15, -0.1) is 0 Å². The molecule has 0 unspecified atom stereocenters. The highest BCUT2D eigenvalue weighted by atomic mass is 79.9. The second-order valence-electron chi connectivity index (χ2n) is 4.55. The van der Waals surface area contributed by atoms with E-state index in [1.165, 1.54) is 0 Å². The Morgan fingerprint density at radius 3 is 2.45 bits per heavy atom. The maximum Gasteiger partial charge on any atom is 0.221 e. The molecule has 0 fully saturated rings. The molecule has 5 heteroatoms. The lowest BCUT2D eigenvalue weighted by Crippen LogP contribution is -1.97. The van der Waals surface area contributed by atoms with E-state index in [0.717, 1.165) is 47.0 Å². The Bertz CT molecular complexity index is 564. The van der Waals surface area contributed by atoms with Gasteiger partial charge in [0.15, 0.2) is 0 Å². The molecule has 108 valence electrons. The third-order valence-electron chi connectivity index (χ3n) is 2.93. The Morgan fingerprint density at radius 2 is 1.85 bits per heavy atom. The van der Waals surface area contributed by atoms with Crippen molar-refractivity contribution in [2.45, 2.75) is 25.6 Å². The minimum Gasteiger partial charge on any atom is -0.494 e. The molecule has 0 saturated heterocycles. The minimum atomic E-state index is 0.722. The Hall–Kier alpha value is -1.49. The van der Waals surface area contributed by atoms with Gasteiger partial charge in [-0.1, -0.05) is 22.9 Å². The van der Waals surface area contributed by atoms with Crippen LogP contribution in [-0.4, -0.2) is 16.4 Å². The average Bonchev–Trinajstić information content (AvgIpc) is 2.72. The van der Waals surface area contributed by atoms with Crippen molar-refractivity contribution in [2.24, 2.45) is 7.05 Å². The van der Waals surface area contributed by atoms with Crippen LogP contribution in [0.2, 0.25) is 0 Å². The smallest absolute Gasteiger partial charge is 0.221 e. The fourth-order valence-corrected chi connectivity index (χ4v) is 2.54. The molecule has 0 amide bonds. The van der Waals surface area contributed by atoms with Crippen molar-refractivity contribution in [1.29, 1.82) is 0 Å². The molecular formula is C15H19BrN2O2. The van der Waals surface area contributed by atoms with Crippen molar-refractivity contribution in [3.05, 3.63) is 35.5 Å².